The Labute approximate surface area is 155 Å². The molecule has 144 valence electrons. The molecule has 8 nitrogen and oxygen atoms in total. The lowest BCUT2D eigenvalue weighted by Gasteiger charge is -2.42. The van der Waals surface area contributed by atoms with Crippen LogP contribution in [-0.2, 0) is 9.59 Å². The number of hydrogen-bond donors (Lipinski definition) is 5. The molecule has 1 aliphatic carbocycles. The number of nitrogens with one attached hydrogen (secondary N) is 3. The van der Waals surface area contributed by atoms with Crippen LogP contribution in [0.25, 0.3) is 0 Å². The highest BCUT2D eigenvalue weighted by molar-refractivity contribution is 5.91. The van der Waals surface area contributed by atoms with Gasteiger partial charge in [-0.05, 0) is 31.6 Å². The van der Waals surface area contributed by atoms with Crippen LogP contribution in [0.3, 0.4) is 0 Å². The molecule has 2 atom stereocenters. The number of likely N-dealkylation sites (tertiary alicyclic amines) is 1. The van der Waals surface area contributed by atoms with Gasteiger partial charge in [0.05, 0.1) is 6.04 Å². The summed E-state index contributed by atoms with van der Waals surface area (Å²) in [4.78, 5) is 26.4. The second-order valence-electron chi connectivity index (χ2n) is 6.75. The van der Waals surface area contributed by atoms with Crippen molar-refractivity contribution in [2.45, 2.75) is 57.0 Å². The number of carbonyl (C=O) groups is 2. The van der Waals surface area contributed by atoms with Crippen molar-refractivity contribution < 1.29 is 9.59 Å². The van der Waals surface area contributed by atoms with Crippen molar-refractivity contribution in [1.29, 1.82) is 5.41 Å². The molecule has 0 aromatic carbocycles. The maximum absolute atomic E-state index is 12.6. The number of carbonyl (C=O) groups excluding carboxylic acids is 2. The Bertz CT molecular complexity index is 470. The Morgan fingerprint density at radius 1 is 1.12 bits per heavy atom. The highest BCUT2D eigenvalue weighted by atomic mass is 35.5. The van der Waals surface area contributed by atoms with E-state index in [0.717, 1.165) is 25.7 Å². The lowest BCUT2D eigenvalue weighted by Crippen LogP contribution is -2.62. The van der Waals surface area contributed by atoms with Crippen LogP contribution in [0.4, 0.5) is 0 Å². The smallest absolute Gasteiger partial charge is 0.242 e. The number of rotatable bonds is 7. The zero-order valence-corrected chi connectivity index (χ0v) is 15.4. The van der Waals surface area contributed by atoms with Gasteiger partial charge < -0.3 is 27.0 Å². The van der Waals surface area contributed by atoms with Gasteiger partial charge in [0, 0.05) is 19.6 Å². The third-order valence-electron chi connectivity index (χ3n) is 5.02. The Balaban J connectivity index is 0.00000312. The topological polar surface area (TPSA) is 137 Å². The maximum Gasteiger partial charge on any atom is 0.242 e. The lowest BCUT2D eigenvalue weighted by molar-refractivity contribution is -0.149. The monoisotopic (exact) mass is 374 g/mol. The van der Waals surface area contributed by atoms with Crippen LogP contribution in [0.2, 0.25) is 0 Å². The summed E-state index contributed by atoms with van der Waals surface area (Å²) in [5, 5.41) is 12.6. The summed E-state index contributed by atoms with van der Waals surface area (Å²) in [5.74, 6) is -0.0122. The van der Waals surface area contributed by atoms with Gasteiger partial charge in [-0.1, -0.05) is 19.3 Å². The van der Waals surface area contributed by atoms with E-state index in [1.807, 2.05) is 0 Å². The molecular formula is C16H31ClN6O2. The number of halogens is 1. The van der Waals surface area contributed by atoms with E-state index in [2.05, 4.69) is 10.6 Å². The fourth-order valence-corrected chi connectivity index (χ4v) is 3.45. The van der Waals surface area contributed by atoms with Crippen molar-refractivity contribution in [2.75, 3.05) is 19.6 Å². The molecule has 0 aromatic heterocycles. The van der Waals surface area contributed by atoms with Crippen LogP contribution < -0.4 is 22.1 Å². The van der Waals surface area contributed by atoms with Gasteiger partial charge in [-0.3, -0.25) is 15.0 Å². The number of guanidine groups is 1. The summed E-state index contributed by atoms with van der Waals surface area (Å²) < 4.78 is 0. The van der Waals surface area contributed by atoms with Gasteiger partial charge >= 0.3 is 0 Å². The fraction of sp³-hybridized carbons (Fsp3) is 0.812. The molecule has 1 saturated heterocycles. The average molecular weight is 375 g/mol. The summed E-state index contributed by atoms with van der Waals surface area (Å²) >= 11 is 0. The van der Waals surface area contributed by atoms with Crippen LogP contribution >= 0.6 is 12.4 Å². The number of amides is 2. The maximum atomic E-state index is 12.6. The van der Waals surface area contributed by atoms with Gasteiger partial charge in [-0.15, -0.1) is 12.4 Å². The van der Waals surface area contributed by atoms with Gasteiger partial charge in [-0.25, -0.2) is 0 Å². The Morgan fingerprint density at radius 2 is 1.76 bits per heavy atom. The van der Waals surface area contributed by atoms with Crippen LogP contribution in [0, 0.1) is 11.3 Å². The van der Waals surface area contributed by atoms with Gasteiger partial charge in [0.15, 0.2) is 5.96 Å². The van der Waals surface area contributed by atoms with E-state index in [1.165, 1.54) is 6.42 Å². The molecule has 0 radical (unpaired) electrons. The van der Waals surface area contributed by atoms with Gasteiger partial charge in [0.2, 0.25) is 11.8 Å². The zero-order valence-electron chi connectivity index (χ0n) is 14.6. The largest absolute Gasteiger partial charge is 0.370 e. The molecule has 0 unspecified atom stereocenters. The zero-order chi connectivity index (χ0) is 17.5. The first kappa shape index (κ1) is 21.5. The van der Waals surface area contributed by atoms with Gasteiger partial charge in [0.1, 0.15) is 6.04 Å². The second kappa shape index (κ2) is 10.5. The van der Waals surface area contributed by atoms with Crippen molar-refractivity contribution in [2.24, 2.45) is 17.4 Å². The van der Waals surface area contributed by atoms with E-state index in [-0.39, 0.29) is 42.1 Å². The summed E-state index contributed by atoms with van der Waals surface area (Å²) in [6, 6.07) is -0.853. The summed E-state index contributed by atoms with van der Waals surface area (Å²) in [6.45, 7) is 1.64. The van der Waals surface area contributed by atoms with E-state index < -0.39 is 6.04 Å². The molecule has 1 saturated carbocycles. The predicted octanol–water partition coefficient (Wildman–Crippen LogP) is -0.0939. The predicted molar refractivity (Wildman–Crippen MR) is 99.5 cm³/mol. The molecule has 2 fully saturated rings. The Kier molecular flexibility index (Phi) is 8.99. The highest BCUT2D eigenvalue weighted by Crippen LogP contribution is 2.28. The lowest BCUT2D eigenvalue weighted by atomic mass is 9.83. The van der Waals surface area contributed by atoms with E-state index in [4.69, 9.17) is 16.9 Å². The van der Waals surface area contributed by atoms with Crippen molar-refractivity contribution in [3.63, 3.8) is 0 Å². The summed E-state index contributed by atoms with van der Waals surface area (Å²) in [6.07, 6.45) is 6.91. The average Bonchev–Trinajstić information content (AvgIpc) is 2.53. The van der Waals surface area contributed by atoms with Gasteiger partial charge in [-0.2, -0.15) is 0 Å². The third-order valence-corrected chi connectivity index (χ3v) is 5.02. The summed E-state index contributed by atoms with van der Waals surface area (Å²) in [7, 11) is 0. The highest BCUT2D eigenvalue weighted by Gasteiger charge is 2.40. The van der Waals surface area contributed by atoms with Crippen LogP contribution in [-0.4, -0.2) is 54.4 Å². The molecule has 0 aromatic rings. The van der Waals surface area contributed by atoms with Crippen molar-refractivity contribution in [3.8, 4) is 0 Å². The normalized spacial score (nSPS) is 21.5. The van der Waals surface area contributed by atoms with Crippen LogP contribution in [0.15, 0.2) is 0 Å². The third kappa shape index (κ3) is 6.04. The van der Waals surface area contributed by atoms with Gasteiger partial charge in [0.25, 0.3) is 0 Å². The molecule has 2 rings (SSSR count). The Morgan fingerprint density at radius 3 is 2.32 bits per heavy atom. The molecule has 2 amide bonds. The van der Waals surface area contributed by atoms with Crippen LogP contribution in [0.1, 0.15) is 44.9 Å². The number of nitrogens with zero attached hydrogens (tertiary/aromatic N) is 1. The number of hydrogen-bond acceptors (Lipinski definition) is 4. The van der Waals surface area contributed by atoms with E-state index in [0.29, 0.717) is 32.5 Å². The van der Waals surface area contributed by atoms with Crippen LogP contribution in [0.5, 0.6) is 0 Å². The standard InChI is InChI=1S/C16H30N6O2.ClH/c17-13(11-5-2-1-3-6-11)15(24)22-10-7-12(22)14(23)20-8-4-9-21-16(18)19;/h11-13H,1-10,17H2,(H,20,23)(H4,18,19,21);1H/t12-,13+;/m0./s1. The van der Waals surface area contributed by atoms with Crippen molar-refractivity contribution >= 4 is 30.2 Å². The minimum atomic E-state index is -0.472. The first-order chi connectivity index (χ1) is 11.5. The molecule has 25 heavy (non-hydrogen) atoms. The number of nitrogens with two attached hydrogens (primary N) is 2. The molecule has 0 spiro atoms. The molecule has 9 heteroatoms. The fourth-order valence-electron chi connectivity index (χ4n) is 3.45. The minimum absolute atomic E-state index is 0. The van der Waals surface area contributed by atoms with E-state index in [9.17, 15) is 9.59 Å². The van der Waals surface area contributed by atoms with E-state index >= 15 is 0 Å². The van der Waals surface area contributed by atoms with Crippen molar-refractivity contribution in [3.05, 3.63) is 0 Å². The molecule has 1 aliphatic heterocycles. The SMILES string of the molecule is Cl.N=C(N)NCCCNC(=O)[C@@H]1CCN1C(=O)[C@H](N)C1CCCCC1. The first-order valence-electron chi connectivity index (χ1n) is 8.92. The molecule has 2 aliphatic rings. The molecule has 0 bridgehead atoms. The molecule has 7 N–H and O–H groups in total. The summed E-state index contributed by atoms with van der Waals surface area (Å²) in [5.41, 5.74) is 11.4. The van der Waals surface area contributed by atoms with E-state index in [1.54, 1.807) is 4.90 Å². The molecular weight excluding hydrogens is 344 g/mol. The van der Waals surface area contributed by atoms with Crippen molar-refractivity contribution in [1.82, 2.24) is 15.5 Å². The quantitative estimate of drug-likeness (QED) is 0.241. The Hall–Kier alpha value is -1.54. The second-order valence-corrected chi connectivity index (χ2v) is 6.75. The first-order valence-corrected chi connectivity index (χ1v) is 8.92. The molecule has 1 heterocycles. The minimum Gasteiger partial charge on any atom is -0.370 e.